The number of aromatic hydroxyl groups is 1. The molecule has 0 bridgehead atoms. The Labute approximate surface area is 212 Å². The van der Waals surface area contributed by atoms with Gasteiger partial charge in [-0.3, -0.25) is 4.79 Å². The van der Waals surface area contributed by atoms with Crippen molar-refractivity contribution in [1.29, 1.82) is 0 Å². The molecule has 0 aliphatic rings. The quantitative estimate of drug-likeness (QED) is 0.241. The monoisotopic (exact) mass is 502 g/mol. The number of halogens is 2. The zero-order valence-corrected chi connectivity index (χ0v) is 19.9. The molecule has 0 aliphatic carbocycles. The number of hydrogen-bond donors (Lipinski definition) is 3. The molecule has 0 heterocycles. The molecule has 4 rings (SSSR count). The maximum absolute atomic E-state index is 13.6. The van der Waals surface area contributed by atoms with Gasteiger partial charge in [0.15, 0.2) is 11.6 Å². The Bertz CT molecular complexity index is 1440. The van der Waals surface area contributed by atoms with E-state index in [0.29, 0.717) is 27.9 Å². The van der Waals surface area contributed by atoms with Crippen LogP contribution in [-0.2, 0) is 16.0 Å². The second kappa shape index (κ2) is 10.9. The third-order valence-electron chi connectivity index (χ3n) is 5.92. The van der Waals surface area contributed by atoms with Crippen LogP contribution in [0.4, 0.5) is 14.5 Å². The van der Waals surface area contributed by atoms with Gasteiger partial charge in [-0.05, 0) is 64.2 Å². The fourth-order valence-corrected chi connectivity index (χ4v) is 3.89. The van der Waals surface area contributed by atoms with E-state index < -0.39 is 29.6 Å². The zero-order chi connectivity index (χ0) is 26.5. The SMILES string of the molecule is COC(=O)C(Cc1ccc(-c2ccc(F)c(F)c2)cc1)NC(=O)c1cc(-c2ccc(N)cc2)ccc1O. The van der Waals surface area contributed by atoms with Crippen molar-refractivity contribution < 1.29 is 28.2 Å². The number of carbonyl (C=O) groups is 2. The molecule has 1 amide bonds. The predicted octanol–water partition coefficient (Wildman–Crippen LogP) is 5.10. The van der Waals surface area contributed by atoms with Gasteiger partial charge >= 0.3 is 5.97 Å². The van der Waals surface area contributed by atoms with Gasteiger partial charge in [-0.1, -0.05) is 48.5 Å². The first-order chi connectivity index (χ1) is 17.7. The highest BCUT2D eigenvalue weighted by molar-refractivity contribution is 6.00. The summed E-state index contributed by atoms with van der Waals surface area (Å²) >= 11 is 0. The van der Waals surface area contributed by atoms with Gasteiger partial charge < -0.3 is 20.9 Å². The Hall–Kier alpha value is -4.72. The minimum Gasteiger partial charge on any atom is -0.507 e. The van der Waals surface area contributed by atoms with Crippen LogP contribution in [0.1, 0.15) is 15.9 Å². The summed E-state index contributed by atoms with van der Waals surface area (Å²) in [6, 6.07) is 21.1. The average molecular weight is 503 g/mol. The van der Waals surface area contributed by atoms with Gasteiger partial charge in [-0.2, -0.15) is 0 Å². The fraction of sp³-hybridized carbons (Fsp3) is 0.103. The van der Waals surface area contributed by atoms with Crippen molar-refractivity contribution in [3.05, 3.63) is 108 Å². The molecule has 0 radical (unpaired) electrons. The summed E-state index contributed by atoms with van der Waals surface area (Å²) in [6.45, 7) is 0. The Morgan fingerprint density at radius 1 is 0.838 bits per heavy atom. The van der Waals surface area contributed by atoms with Crippen molar-refractivity contribution in [2.24, 2.45) is 0 Å². The van der Waals surface area contributed by atoms with Gasteiger partial charge in [0.1, 0.15) is 11.8 Å². The van der Waals surface area contributed by atoms with Crippen molar-refractivity contribution >= 4 is 17.6 Å². The number of methoxy groups -OCH3 is 1. The first kappa shape index (κ1) is 25.4. The molecule has 0 fully saturated rings. The van der Waals surface area contributed by atoms with E-state index in [9.17, 15) is 23.5 Å². The number of ether oxygens (including phenoxy) is 1. The Morgan fingerprint density at radius 2 is 1.41 bits per heavy atom. The Balaban J connectivity index is 1.53. The average Bonchev–Trinajstić information content (AvgIpc) is 2.90. The fourth-order valence-electron chi connectivity index (χ4n) is 3.89. The van der Waals surface area contributed by atoms with Crippen LogP contribution in [-0.4, -0.2) is 30.1 Å². The highest BCUT2D eigenvalue weighted by atomic mass is 19.2. The number of benzene rings is 4. The summed E-state index contributed by atoms with van der Waals surface area (Å²) in [5.41, 5.74) is 9.67. The molecule has 37 heavy (non-hydrogen) atoms. The topological polar surface area (TPSA) is 102 Å². The lowest BCUT2D eigenvalue weighted by Gasteiger charge is -2.18. The molecule has 4 aromatic carbocycles. The third-order valence-corrected chi connectivity index (χ3v) is 5.92. The summed E-state index contributed by atoms with van der Waals surface area (Å²) in [6.07, 6.45) is 0.106. The maximum Gasteiger partial charge on any atom is 0.328 e. The summed E-state index contributed by atoms with van der Waals surface area (Å²) in [7, 11) is 1.22. The second-order valence-corrected chi connectivity index (χ2v) is 8.43. The van der Waals surface area contributed by atoms with E-state index in [2.05, 4.69) is 5.32 Å². The molecule has 4 N–H and O–H groups in total. The van der Waals surface area contributed by atoms with Crippen LogP contribution in [0.15, 0.2) is 84.9 Å². The lowest BCUT2D eigenvalue weighted by molar-refractivity contribution is -0.142. The summed E-state index contributed by atoms with van der Waals surface area (Å²) in [4.78, 5) is 25.5. The number of esters is 1. The predicted molar refractivity (Wildman–Crippen MR) is 137 cm³/mol. The number of rotatable bonds is 7. The molecular weight excluding hydrogens is 478 g/mol. The normalized spacial score (nSPS) is 11.5. The first-order valence-corrected chi connectivity index (χ1v) is 11.4. The standard InChI is InChI=1S/C29H24F2N2O4/c1-37-29(36)26(14-17-2-4-18(5-3-17)21-8-12-24(30)25(31)16-21)33-28(35)23-15-20(9-13-27(23)34)19-6-10-22(32)11-7-19/h2-13,15-16,26,34H,14,32H2,1H3,(H,33,35). The largest absolute Gasteiger partial charge is 0.507 e. The van der Waals surface area contributed by atoms with Crippen LogP contribution < -0.4 is 11.1 Å². The third kappa shape index (κ3) is 5.92. The van der Waals surface area contributed by atoms with Gasteiger partial charge in [-0.25, -0.2) is 13.6 Å². The molecule has 4 aromatic rings. The highest BCUT2D eigenvalue weighted by Crippen LogP contribution is 2.27. The van der Waals surface area contributed by atoms with E-state index in [1.807, 2.05) is 0 Å². The van der Waals surface area contributed by atoms with Crippen molar-refractivity contribution in [3.63, 3.8) is 0 Å². The molecule has 1 unspecified atom stereocenters. The first-order valence-electron chi connectivity index (χ1n) is 11.4. The number of amides is 1. The highest BCUT2D eigenvalue weighted by Gasteiger charge is 2.24. The van der Waals surface area contributed by atoms with Gasteiger partial charge in [0.05, 0.1) is 12.7 Å². The lowest BCUT2D eigenvalue weighted by Crippen LogP contribution is -2.43. The second-order valence-electron chi connectivity index (χ2n) is 8.43. The molecule has 0 aliphatic heterocycles. The summed E-state index contributed by atoms with van der Waals surface area (Å²) in [5.74, 6) is -3.42. The number of phenolic OH excluding ortho intramolecular Hbond substituents is 1. The van der Waals surface area contributed by atoms with Gasteiger partial charge in [0, 0.05) is 12.1 Å². The van der Waals surface area contributed by atoms with E-state index >= 15 is 0 Å². The van der Waals surface area contributed by atoms with Crippen molar-refractivity contribution in [3.8, 4) is 28.0 Å². The van der Waals surface area contributed by atoms with Crippen LogP contribution >= 0.6 is 0 Å². The number of nitrogen functional groups attached to an aromatic ring is 1. The molecule has 0 saturated carbocycles. The number of carbonyl (C=O) groups excluding carboxylic acids is 2. The van der Waals surface area contributed by atoms with Crippen molar-refractivity contribution in [2.75, 3.05) is 12.8 Å². The number of nitrogens with two attached hydrogens (primary N) is 1. The van der Waals surface area contributed by atoms with E-state index in [1.54, 1.807) is 54.6 Å². The van der Waals surface area contributed by atoms with E-state index in [1.165, 1.54) is 25.3 Å². The molecule has 0 aromatic heterocycles. The van der Waals surface area contributed by atoms with Crippen LogP contribution in [0.3, 0.4) is 0 Å². The molecule has 0 saturated heterocycles. The number of nitrogens with one attached hydrogen (secondary N) is 1. The smallest absolute Gasteiger partial charge is 0.328 e. The number of hydrogen-bond acceptors (Lipinski definition) is 5. The van der Waals surface area contributed by atoms with Crippen LogP contribution in [0.5, 0.6) is 5.75 Å². The van der Waals surface area contributed by atoms with Crippen molar-refractivity contribution in [2.45, 2.75) is 12.5 Å². The number of anilines is 1. The van der Waals surface area contributed by atoms with Crippen molar-refractivity contribution in [1.82, 2.24) is 5.32 Å². The van der Waals surface area contributed by atoms with Crippen LogP contribution in [0, 0.1) is 11.6 Å². The minimum absolute atomic E-state index is 0.00286. The van der Waals surface area contributed by atoms with Gasteiger partial charge in [-0.15, -0.1) is 0 Å². The van der Waals surface area contributed by atoms with E-state index in [0.717, 1.165) is 17.7 Å². The molecule has 6 nitrogen and oxygen atoms in total. The molecular formula is C29H24F2N2O4. The summed E-state index contributed by atoms with van der Waals surface area (Å²) in [5, 5.41) is 13.0. The Kier molecular flexibility index (Phi) is 7.48. The molecule has 0 spiro atoms. The number of phenols is 1. The van der Waals surface area contributed by atoms with Gasteiger partial charge in [0.2, 0.25) is 0 Å². The van der Waals surface area contributed by atoms with E-state index in [4.69, 9.17) is 10.5 Å². The lowest BCUT2D eigenvalue weighted by atomic mass is 9.99. The van der Waals surface area contributed by atoms with E-state index in [-0.39, 0.29) is 17.7 Å². The molecule has 8 heteroatoms. The van der Waals surface area contributed by atoms with Crippen LogP contribution in [0.2, 0.25) is 0 Å². The van der Waals surface area contributed by atoms with Crippen LogP contribution in [0.25, 0.3) is 22.3 Å². The zero-order valence-electron chi connectivity index (χ0n) is 19.9. The Morgan fingerprint density at radius 3 is 2.03 bits per heavy atom. The minimum atomic E-state index is -1.04. The maximum atomic E-state index is 13.6. The molecule has 1 atom stereocenters. The summed E-state index contributed by atoms with van der Waals surface area (Å²) < 4.78 is 31.7. The van der Waals surface area contributed by atoms with Gasteiger partial charge in [0.25, 0.3) is 5.91 Å². The molecule has 188 valence electrons.